The van der Waals surface area contributed by atoms with Gasteiger partial charge in [0.1, 0.15) is 18.1 Å². The predicted molar refractivity (Wildman–Crippen MR) is 114 cm³/mol. The van der Waals surface area contributed by atoms with Crippen LogP contribution in [0.3, 0.4) is 0 Å². The zero-order valence-corrected chi connectivity index (χ0v) is 16.8. The van der Waals surface area contributed by atoms with Crippen molar-refractivity contribution < 1.29 is 19.1 Å². The summed E-state index contributed by atoms with van der Waals surface area (Å²) in [5.74, 6) is 0.246. The van der Waals surface area contributed by atoms with Crippen molar-refractivity contribution in [1.29, 1.82) is 0 Å². The molecule has 0 aromatic heterocycles. The number of nitrogens with one attached hydrogen (secondary N) is 2. The van der Waals surface area contributed by atoms with E-state index < -0.39 is 11.8 Å². The van der Waals surface area contributed by atoms with E-state index in [4.69, 9.17) is 9.47 Å². The van der Waals surface area contributed by atoms with E-state index in [-0.39, 0.29) is 0 Å². The number of hydrogen-bond acceptors (Lipinski definition) is 4. The summed E-state index contributed by atoms with van der Waals surface area (Å²) >= 11 is 0. The van der Waals surface area contributed by atoms with Crippen LogP contribution >= 0.6 is 0 Å². The highest BCUT2D eigenvalue weighted by Gasteiger charge is 2.14. The molecule has 0 radical (unpaired) electrons. The number of para-hydroxylation sites is 1. The molecule has 3 rings (SSSR count). The Morgan fingerprint density at radius 1 is 0.767 bits per heavy atom. The van der Waals surface area contributed by atoms with Gasteiger partial charge in [-0.05, 0) is 48.4 Å². The highest BCUT2D eigenvalue weighted by atomic mass is 16.5. The molecule has 3 aromatic rings. The van der Waals surface area contributed by atoms with E-state index in [0.29, 0.717) is 35.8 Å². The van der Waals surface area contributed by atoms with Crippen molar-refractivity contribution in [2.24, 2.45) is 0 Å². The van der Waals surface area contributed by atoms with Crippen LogP contribution < -0.4 is 20.3 Å². The van der Waals surface area contributed by atoms with Gasteiger partial charge in [-0.1, -0.05) is 49.4 Å². The SMILES string of the molecule is CCCOc1ccc(C(=O)NNC(=O)c2ccccc2OCc2ccccc2)cc1. The summed E-state index contributed by atoms with van der Waals surface area (Å²) in [6.07, 6.45) is 0.908. The van der Waals surface area contributed by atoms with Crippen molar-refractivity contribution >= 4 is 11.8 Å². The molecule has 154 valence electrons. The van der Waals surface area contributed by atoms with E-state index in [1.807, 2.05) is 37.3 Å². The molecule has 6 heteroatoms. The van der Waals surface area contributed by atoms with Crippen molar-refractivity contribution in [2.45, 2.75) is 20.0 Å². The Hall–Kier alpha value is -3.80. The lowest BCUT2D eigenvalue weighted by atomic mass is 10.2. The standard InChI is InChI=1S/C24H24N2O4/c1-2-16-29-20-14-12-19(13-15-20)23(27)25-26-24(28)21-10-6-7-11-22(21)30-17-18-8-4-3-5-9-18/h3-15H,2,16-17H2,1H3,(H,25,27)(H,26,28). The van der Waals surface area contributed by atoms with Gasteiger partial charge in [0.15, 0.2) is 0 Å². The molecule has 0 heterocycles. The monoisotopic (exact) mass is 404 g/mol. The van der Waals surface area contributed by atoms with E-state index in [1.54, 1.807) is 48.5 Å². The highest BCUT2D eigenvalue weighted by molar-refractivity contribution is 6.00. The average Bonchev–Trinajstić information content (AvgIpc) is 2.81. The van der Waals surface area contributed by atoms with Crippen molar-refractivity contribution in [1.82, 2.24) is 10.9 Å². The Kier molecular flexibility index (Phi) is 7.44. The highest BCUT2D eigenvalue weighted by Crippen LogP contribution is 2.19. The van der Waals surface area contributed by atoms with Gasteiger partial charge in [-0.3, -0.25) is 20.4 Å². The van der Waals surface area contributed by atoms with Gasteiger partial charge in [0.2, 0.25) is 0 Å². The molecular weight excluding hydrogens is 380 g/mol. The number of hydrazine groups is 1. The second-order valence-corrected chi connectivity index (χ2v) is 6.55. The molecule has 0 aliphatic heterocycles. The second kappa shape index (κ2) is 10.7. The maximum atomic E-state index is 12.6. The van der Waals surface area contributed by atoms with Gasteiger partial charge < -0.3 is 9.47 Å². The van der Waals surface area contributed by atoms with E-state index in [9.17, 15) is 9.59 Å². The molecule has 0 saturated carbocycles. The van der Waals surface area contributed by atoms with Crippen LogP contribution in [0.4, 0.5) is 0 Å². The first-order chi connectivity index (χ1) is 14.7. The maximum Gasteiger partial charge on any atom is 0.273 e. The van der Waals surface area contributed by atoms with E-state index in [2.05, 4.69) is 10.9 Å². The quantitative estimate of drug-likeness (QED) is 0.554. The number of carbonyl (C=O) groups excluding carboxylic acids is 2. The minimum Gasteiger partial charge on any atom is -0.494 e. The van der Waals surface area contributed by atoms with Gasteiger partial charge in [-0.2, -0.15) is 0 Å². The van der Waals surface area contributed by atoms with Gasteiger partial charge in [-0.15, -0.1) is 0 Å². The molecule has 2 amide bonds. The zero-order valence-electron chi connectivity index (χ0n) is 16.8. The van der Waals surface area contributed by atoms with E-state index >= 15 is 0 Å². The van der Waals surface area contributed by atoms with Gasteiger partial charge in [0.25, 0.3) is 11.8 Å². The summed E-state index contributed by atoms with van der Waals surface area (Å²) in [5, 5.41) is 0. The first kappa shape index (κ1) is 20.9. The fourth-order valence-electron chi connectivity index (χ4n) is 2.69. The third-order valence-corrected chi connectivity index (χ3v) is 4.25. The molecule has 3 aromatic carbocycles. The molecule has 0 aliphatic rings. The van der Waals surface area contributed by atoms with Crippen molar-refractivity contribution in [3.63, 3.8) is 0 Å². The minimum absolute atomic E-state index is 0.331. The molecule has 30 heavy (non-hydrogen) atoms. The zero-order chi connectivity index (χ0) is 21.2. The molecule has 0 bridgehead atoms. The Morgan fingerprint density at radius 3 is 2.17 bits per heavy atom. The number of carbonyl (C=O) groups is 2. The topological polar surface area (TPSA) is 76.7 Å². The summed E-state index contributed by atoms with van der Waals surface area (Å²) in [6, 6.07) is 23.3. The molecule has 0 fully saturated rings. The van der Waals surface area contributed by atoms with Gasteiger partial charge in [-0.25, -0.2) is 0 Å². The largest absolute Gasteiger partial charge is 0.494 e. The fourth-order valence-corrected chi connectivity index (χ4v) is 2.69. The normalized spacial score (nSPS) is 10.2. The van der Waals surface area contributed by atoms with Crippen LogP contribution in [0.5, 0.6) is 11.5 Å². The molecule has 0 aliphatic carbocycles. The molecule has 0 saturated heterocycles. The number of benzene rings is 3. The maximum absolute atomic E-state index is 12.6. The van der Waals surface area contributed by atoms with E-state index in [0.717, 1.165) is 12.0 Å². The third kappa shape index (κ3) is 5.85. The number of rotatable bonds is 8. The average molecular weight is 404 g/mol. The molecule has 0 spiro atoms. The summed E-state index contributed by atoms with van der Waals surface area (Å²) in [7, 11) is 0. The van der Waals surface area contributed by atoms with Crippen molar-refractivity contribution in [2.75, 3.05) is 6.61 Å². The lowest BCUT2D eigenvalue weighted by Gasteiger charge is -2.12. The first-order valence-electron chi connectivity index (χ1n) is 9.76. The summed E-state index contributed by atoms with van der Waals surface area (Å²) < 4.78 is 11.3. The smallest absolute Gasteiger partial charge is 0.273 e. The number of hydrogen-bond donors (Lipinski definition) is 2. The molecule has 0 unspecified atom stereocenters. The Morgan fingerprint density at radius 2 is 1.43 bits per heavy atom. The van der Waals surface area contributed by atoms with Crippen LogP contribution in [0.2, 0.25) is 0 Å². The van der Waals surface area contributed by atoms with Crippen LogP contribution in [0, 0.1) is 0 Å². The fraction of sp³-hybridized carbons (Fsp3) is 0.167. The van der Waals surface area contributed by atoms with Crippen LogP contribution in [-0.4, -0.2) is 18.4 Å². The Bertz CT molecular complexity index is 972. The van der Waals surface area contributed by atoms with Crippen molar-refractivity contribution in [3.05, 3.63) is 95.6 Å². The molecule has 0 atom stereocenters. The summed E-state index contributed by atoms with van der Waals surface area (Å²) in [6.45, 7) is 2.98. The van der Waals surface area contributed by atoms with E-state index in [1.165, 1.54) is 0 Å². The predicted octanol–water partition coefficient (Wildman–Crippen LogP) is 4.13. The van der Waals surface area contributed by atoms with Crippen LogP contribution in [0.15, 0.2) is 78.9 Å². The number of amides is 2. The minimum atomic E-state index is -0.463. The molecule has 6 nitrogen and oxygen atoms in total. The lowest BCUT2D eigenvalue weighted by Crippen LogP contribution is -2.41. The molecule has 2 N–H and O–H groups in total. The van der Waals surface area contributed by atoms with Gasteiger partial charge >= 0.3 is 0 Å². The van der Waals surface area contributed by atoms with Crippen LogP contribution in [0.25, 0.3) is 0 Å². The van der Waals surface area contributed by atoms with Gasteiger partial charge in [0.05, 0.1) is 12.2 Å². The summed E-state index contributed by atoms with van der Waals surface area (Å²) in [4.78, 5) is 24.9. The van der Waals surface area contributed by atoms with Crippen LogP contribution in [-0.2, 0) is 6.61 Å². The second-order valence-electron chi connectivity index (χ2n) is 6.55. The summed E-state index contributed by atoms with van der Waals surface area (Å²) in [5.41, 5.74) is 6.59. The van der Waals surface area contributed by atoms with Crippen molar-refractivity contribution in [3.8, 4) is 11.5 Å². The Balaban J connectivity index is 1.57. The van der Waals surface area contributed by atoms with Gasteiger partial charge in [0, 0.05) is 5.56 Å². The Labute approximate surface area is 175 Å². The lowest BCUT2D eigenvalue weighted by molar-refractivity contribution is 0.0844. The number of ether oxygens (including phenoxy) is 2. The first-order valence-corrected chi connectivity index (χ1v) is 9.76. The van der Waals surface area contributed by atoms with Crippen LogP contribution in [0.1, 0.15) is 39.6 Å². The molecular formula is C24H24N2O4. The third-order valence-electron chi connectivity index (χ3n) is 4.25.